The first-order valence-electron chi connectivity index (χ1n) is 12.5. The van der Waals surface area contributed by atoms with Gasteiger partial charge in [-0.3, -0.25) is 19.6 Å². The van der Waals surface area contributed by atoms with E-state index in [1.165, 1.54) is 10.5 Å². The van der Waals surface area contributed by atoms with Crippen molar-refractivity contribution >= 4 is 11.9 Å². The number of hydrogen-bond acceptors (Lipinski definition) is 4. The minimum atomic E-state index is -0.756. The second-order valence-corrected chi connectivity index (χ2v) is 9.57. The maximum Gasteiger partial charge on any atom is 0.327 e. The Morgan fingerprint density at radius 3 is 2.03 bits per heavy atom. The van der Waals surface area contributed by atoms with Gasteiger partial charge in [0, 0.05) is 45.1 Å². The van der Waals surface area contributed by atoms with Gasteiger partial charge in [0.15, 0.2) is 0 Å². The molecule has 3 amide bonds. The van der Waals surface area contributed by atoms with Crippen molar-refractivity contribution in [1.29, 1.82) is 0 Å². The van der Waals surface area contributed by atoms with E-state index in [0.29, 0.717) is 25.9 Å². The molecule has 180 valence electrons. The van der Waals surface area contributed by atoms with Crippen molar-refractivity contribution in [3.05, 3.63) is 102 Å². The Balaban J connectivity index is 1.31. The van der Waals surface area contributed by atoms with Crippen molar-refractivity contribution < 1.29 is 9.59 Å². The lowest BCUT2D eigenvalue weighted by Gasteiger charge is -2.42. The first-order chi connectivity index (χ1) is 17.2. The third-order valence-corrected chi connectivity index (χ3v) is 7.31. The summed E-state index contributed by atoms with van der Waals surface area (Å²) >= 11 is 0. The highest BCUT2D eigenvalue weighted by atomic mass is 16.2. The number of likely N-dealkylation sites (tertiary alicyclic amines) is 1. The highest BCUT2D eigenvalue weighted by molar-refractivity contribution is 6.07. The summed E-state index contributed by atoms with van der Waals surface area (Å²) in [5.74, 6) is -0.0241. The highest BCUT2D eigenvalue weighted by Crippen LogP contribution is 2.39. The molecule has 3 aromatic rings. The normalized spacial score (nSPS) is 17.9. The number of amides is 3. The molecule has 0 saturated carbocycles. The molecule has 0 radical (unpaired) electrons. The number of urea groups is 1. The Bertz CT molecular complexity index is 1130. The summed E-state index contributed by atoms with van der Waals surface area (Å²) in [4.78, 5) is 37.4. The Hall–Kier alpha value is -3.51. The Morgan fingerprint density at radius 2 is 1.40 bits per heavy atom. The number of imide groups is 1. The summed E-state index contributed by atoms with van der Waals surface area (Å²) in [5.41, 5.74) is 2.69. The van der Waals surface area contributed by atoms with Crippen LogP contribution in [0.15, 0.2) is 85.2 Å². The van der Waals surface area contributed by atoms with Gasteiger partial charge in [0.25, 0.3) is 5.91 Å². The predicted octanol–water partition coefficient (Wildman–Crippen LogP) is 4.51. The molecular weight excluding hydrogens is 436 g/mol. The number of rotatable bonds is 8. The van der Waals surface area contributed by atoms with Gasteiger partial charge in [-0.1, -0.05) is 66.7 Å². The fraction of sp³-hybridized carbons (Fsp3) is 0.345. The molecule has 0 aliphatic carbocycles. The molecule has 2 saturated heterocycles. The number of piperidine rings is 1. The lowest BCUT2D eigenvalue weighted by molar-refractivity contribution is -0.136. The van der Waals surface area contributed by atoms with E-state index in [4.69, 9.17) is 0 Å². The van der Waals surface area contributed by atoms with Gasteiger partial charge < -0.3 is 4.90 Å². The van der Waals surface area contributed by atoms with E-state index in [1.54, 1.807) is 6.20 Å². The van der Waals surface area contributed by atoms with E-state index in [2.05, 4.69) is 34.1 Å². The van der Waals surface area contributed by atoms with Gasteiger partial charge in [-0.15, -0.1) is 0 Å². The SMILES string of the molecule is O=C1N(CCCc2cccnc2)C(=O)C2(CCN(Cc3ccccc3)CC2)N1Cc1ccccc1. The standard InChI is InChI=1S/C29H32N4O2/c34-27-29(15-19-31(20-16-29)22-25-9-3-1-4-10-25)33(23-26-11-5-2-6-12-26)28(35)32(27)18-8-14-24-13-7-17-30-21-24/h1-7,9-13,17,21H,8,14-16,18-20,22-23H2. The van der Waals surface area contributed by atoms with Crippen LogP contribution in [0.4, 0.5) is 4.79 Å². The van der Waals surface area contributed by atoms with Gasteiger partial charge >= 0.3 is 6.03 Å². The average molecular weight is 469 g/mol. The van der Waals surface area contributed by atoms with Crippen LogP contribution in [0.5, 0.6) is 0 Å². The van der Waals surface area contributed by atoms with Crippen LogP contribution in [-0.2, 0) is 24.3 Å². The zero-order chi connectivity index (χ0) is 24.1. The van der Waals surface area contributed by atoms with Gasteiger partial charge in [0.1, 0.15) is 5.54 Å². The Kier molecular flexibility index (Phi) is 6.91. The quantitative estimate of drug-likeness (QED) is 0.457. The summed E-state index contributed by atoms with van der Waals surface area (Å²) in [5, 5.41) is 0. The van der Waals surface area contributed by atoms with E-state index >= 15 is 0 Å². The summed E-state index contributed by atoms with van der Waals surface area (Å²) < 4.78 is 0. The fourth-order valence-corrected chi connectivity index (χ4v) is 5.36. The van der Waals surface area contributed by atoms with E-state index in [-0.39, 0.29) is 11.9 Å². The van der Waals surface area contributed by atoms with Crippen LogP contribution in [0.3, 0.4) is 0 Å². The summed E-state index contributed by atoms with van der Waals surface area (Å²) in [7, 11) is 0. The van der Waals surface area contributed by atoms with Crippen LogP contribution in [-0.4, -0.2) is 56.8 Å². The highest BCUT2D eigenvalue weighted by Gasteiger charge is 2.57. The number of benzene rings is 2. The first kappa shape index (κ1) is 23.2. The largest absolute Gasteiger partial charge is 0.327 e. The second kappa shape index (κ2) is 10.4. The van der Waals surface area contributed by atoms with Gasteiger partial charge in [-0.25, -0.2) is 4.79 Å². The van der Waals surface area contributed by atoms with Crippen molar-refractivity contribution in [2.24, 2.45) is 0 Å². The molecule has 6 heteroatoms. The average Bonchev–Trinajstić information content (AvgIpc) is 3.08. The minimum Gasteiger partial charge on any atom is -0.305 e. The topological polar surface area (TPSA) is 56.8 Å². The number of carbonyl (C=O) groups is 2. The fourth-order valence-electron chi connectivity index (χ4n) is 5.36. The van der Waals surface area contributed by atoms with Crippen LogP contribution in [0, 0.1) is 0 Å². The zero-order valence-electron chi connectivity index (χ0n) is 20.1. The van der Waals surface area contributed by atoms with Crippen LogP contribution in [0.25, 0.3) is 0 Å². The molecule has 5 rings (SSSR count). The summed E-state index contributed by atoms with van der Waals surface area (Å²) in [6.45, 7) is 3.36. The molecule has 1 spiro atoms. The minimum absolute atomic E-state index is 0.0241. The van der Waals surface area contributed by atoms with Gasteiger partial charge in [-0.2, -0.15) is 0 Å². The lowest BCUT2D eigenvalue weighted by atomic mass is 9.85. The molecule has 0 bridgehead atoms. The van der Waals surface area contributed by atoms with E-state index in [0.717, 1.165) is 43.6 Å². The van der Waals surface area contributed by atoms with Crippen molar-refractivity contribution in [2.75, 3.05) is 19.6 Å². The molecule has 2 fully saturated rings. The number of hydrogen-bond donors (Lipinski definition) is 0. The summed E-state index contributed by atoms with van der Waals surface area (Å²) in [6, 6.07) is 24.2. The molecule has 1 aromatic heterocycles. The maximum atomic E-state index is 13.8. The van der Waals surface area contributed by atoms with Crippen molar-refractivity contribution in [3.63, 3.8) is 0 Å². The number of aromatic nitrogens is 1. The molecule has 2 aromatic carbocycles. The van der Waals surface area contributed by atoms with Crippen LogP contribution in [0.1, 0.15) is 36.0 Å². The third-order valence-electron chi connectivity index (χ3n) is 7.31. The molecule has 0 atom stereocenters. The predicted molar refractivity (Wildman–Crippen MR) is 135 cm³/mol. The zero-order valence-corrected chi connectivity index (χ0v) is 20.1. The summed E-state index contributed by atoms with van der Waals surface area (Å²) in [6.07, 6.45) is 6.46. The maximum absolute atomic E-state index is 13.8. The van der Waals surface area contributed by atoms with Crippen molar-refractivity contribution in [3.8, 4) is 0 Å². The van der Waals surface area contributed by atoms with Crippen molar-refractivity contribution in [2.45, 2.75) is 44.3 Å². The molecular formula is C29H32N4O2. The Labute approximate surface area is 207 Å². The van der Waals surface area contributed by atoms with E-state index in [9.17, 15) is 9.59 Å². The van der Waals surface area contributed by atoms with Crippen LogP contribution < -0.4 is 0 Å². The van der Waals surface area contributed by atoms with Gasteiger partial charge in [0.2, 0.25) is 0 Å². The Morgan fingerprint density at radius 1 is 0.771 bits per heavy atom. The van der Waals surface area contributed by atoms with Crippen molar-refractivity contribution in [1.82, 2.24) is 19.7 Å². The lowest BCUT2D eigenvalue weighted by Crippen LogP contribution is -2.56. The first-order valence-corrected chi connectivity index (χ1v) is 12.5. The van der Waals surface area contributed by atoms with Crippen LogP contribution in [0.2, 0.25) is 0 Å². The number of nitrogens with zero attached hydrogens (tertiary/aromatic N) is 4. The number of carbonyl (C=O) groups excluding carboxylic acids is 2. The molecule has 6 nitrogen and oxygen atoms in total. The van der Waals surface area contributed by atoms with E-state index < -0.39 is 5.54 Å². The van der Waals surface area contributed by atoms with Gasteiger partial charge in [-0.05, 0) is 48.4 Å². The van der Waals surface area contributed by atoms with Gasteiger partial charge in [0.05, 0.1) is 0 Å². The smallest absolute Gasteiger partial charge is 0.305 e. The monoisotopic (exact) mass is 468 g/mol. The van der Waals surface area contributed by atoms with Crippen LogP contribution >= 0.6 is 0 Å². The molecule has 0 unspecified atom stereocenters. The molecule has 2 aliphatic rings. The number of pyridine rings is 1. The molecule has 0 N–H and O–H groups in total. The van der Waals surface area contributed by atoms with E-state index in [1.807, 2.05) is 59.6 Å². The second-order valence-electron chi connectivity index (χ2n) is 9.57. The number of aryl methyl sites for hydroxylation is 1. The third kappa shape index (κ3) is 4.98. The molecule has 35 heavy (non-hydrogen) atoms. The molecule has 3 heterocycles. The molecule has 2 aliphatic heterocycles.